The molecule has 24 heavy (non-hydrogen) atoms. The Balaban J connectivity index is 1.98. The number of hydrogen-bond acceptors (Lipinski definition) is 4. The quantitative estimate of drug-likeness (QED) is 0.601. The van der Waals surface area contributed by atoms with E-state index in [4.69, 9.17) is 14.6 Å². The number of halogens is 1. The van der Waals surface area contributed by atoms with Gasteiger partial charge in [0.2, 0.25) is 0 Å². The van der Waals surface area contributed by atoms with Gasteiger partial charge in [-0.05, 0) is 42.6 Å². The lowest BCUT2D eigenvalue weighted by Gasteiger charge is -2.14. The number of methoxy groups -OCH3 is 1. The van der Waals surface area contributed by atoms with Crippen LogP contribution in [0.3, 0.4) is 0 Å². The minimum absolute atomic E-state index is 0.243. The third kappa shape index (κ3) is 5.82. The Morgan fingerprint density at radius 2 is 1.88 bits per heavy atom. The molecule has 0 aliphatic rings. The average molecular weight is 394 g/mol. The predicted molar refractivity (Wildman–Crippen MR) is 99.5 cm³/mol. The highest BCUT2D eigenvalue weighted by Crippen LogP contribution is 2.34. The maximum atomic E-state index is 8.79. The molecule has 0 radical (unpaired) electrons. The number of hydrogen-bond donors (Lipinski definition) is 2. The smallest absolute Gasteiger partial charge is 0.162 e. The van der Waals surface area contributed by atoms with Crippen molar-refractivity contribution in [3.05, 3.63) is 58.1 Å². The molecule has 0 fully saturated rings. The van der Waals surface area contributed by atoms with Gasteiger partial charge in [0.25, 0.3) is 0 Å². The number of nitrogens with one attached hydrogen (secondary N) is 1. The lowest BCUT2D eigenvalue weighted by molar-refractivity contribution is 0.283. The summed E-state index contributed by atoms with van der Waals surface area (Å²) >= 11 is 3.60. The summed E-state index contributed by atoms with van der Waals surface area (Å²) in [5.41, 5.74) is 2.23. The number of aliphatic hydroxyl groups excluding tert-OH is 1. The van der Waals surface area contributed by atoms with Crippen molar-refractivity contribution in [2.45, 2.75) is 26.0 Å². The van der Waals surface area contributed by atoms with E-state index >= 15 is 0 Å². The SMILES string of the molecule is COc1cc(CNCCCCO)c(Br)cc1OCc1ccccc1. The summed E-state index contributed by atoms with van der Waals surface area (Å²) in [4.78, 5) is 0. The van der Waals surface area contributed by atoms with Crippen LogP contribution in [0, 0.1) is 0 Å². The van der Waals surface area contributed by atoms with Gasteiger partial charge in [-0.3, -0.25) is 0 Å². The summed E-state index contributed by atoms with van der Waals surface area (Å²) in [6.07, 6.45) is 1.78. The molecule has 0 aromatic heterocycles. The second-order valence-electron chi connectivity index (χ2n) is 5.48. The van der Waals surface area contributed by atoms with Gasteiger partial charge < -0.3 is 19.9 Å². The van der Waals surface area contributed by atoms with E-state index in [0.29, 0.717) is 6.61 Å². The van der Waals surface area contributed by atoms with Crippen molar-refractivity contribution in [1.29, 1.82) is 0 Å². The van der Waals surface area contributed by atoms with Gasteiger partial charge in [-0.2, -0.15) is 0 Å². The summed E-state index contributed by atoms with van der Waals surface area (Å²) in [5.74, 6) is 1.44. The molecule has 2 rings (SSSR count). The fraction of sp³-hybridized carbons (Fsp3) is 0.368. The molecule has 2 aromatic rings. The molecule has 0 unspecified atom stereocenters. The van der Waals surface area contributed by atoms with Crippen LogP contribution in [0.5, 0.6) is 11.5 Å². The van der Waals surface area contributed by atoms with Gasteiger partial charge in [-0.25, -0.2) is 0 Å². The Kier molecular flexibility index (Phi) is 8.08. The average Bonchev–Trinajstić information content (AvgIpc) is 2.62. The lowest BCUT2D eigenvalue weighted by atomic mass is 10.2. The first-order valence-electron chi connectivity index (χ1n) is 8.09. The summed E-state index contributed by atoms with van der Waals surface area (Å²) in [6.45, 7) is 2.36. The normalized spacial score (nSPS) is 10.6. The van der Waals surface area contributed by atoms with Crippen molar-refractivity contribution in [1.82, 2.24) is 5.32 Å². The Hall–Kier alpha value is -1.56. The Bertz CT molecular complexity index is 620. The highest BCUT2D eigenvalue weighted by atomic mass is 79.9. The van der Waals surface area contributed by atoms with Crippen LogP contribution in [0.15, 0.2) is 46.9 Å². The van der Waals surface area contributed by atoms with Crippen LogP contribution in [0.4, 0.5) is 0 Å². The van der Waals surface area contributed by atoms with E-state index in [1.807, 2.05) is 42.5 Å². The van der Waals surface area contributed by atoms with E-state index in [2.05, 4.69) is 21.2 Å². The minimum Gasteiger partial charge on any atom is -0.493 e. The van der Waals surface area contributed by atoms with Crippen molar-refractivity contribution in [3.63, 3.8) is 0 Å². The molecule has 0 aliphatic heterocycles. The van der Waals surface area contributed by atoms with E-state index in [1.54, 1.807) is 7.11 Å². The molecule has 2 aromatic carbocycles. The molecule has 0 saturated heterocycles. The van der Waals surface area contributed by atoms with Crippen LogP contribution in [-0.4, -0.2) is 25.4 Å². The molecule has 0 bridgehead atoms. The van der Waals surface area contributed by atoms with Crippen LogP contribution in [0.1, 0.15) is 24.0 Å². The van der Waals surface area contributed by atoms with Gasteiger partial charge in [0.1, 0.15) is 6.61 Å². The lowest BCUT2D eigenvalue weighted by Crippen LogP contribution is -2.15. The Labute approximate surface area is 151 Å². The predicted octanol–water partition coefficient (Wildman–Crippen LogP) is 3.90. The molecule has 2 N–H and O–H groups in total. The third-order valence-corrected chi connectivity index (χ3v) is 4.39. The standard InChI is InChI=1S/C19H24BrNO3/c1-23-18-11-16(13-21-9-5-6-10-22)17(20)12-19(18)24-14-15-7-3-2-4-8-15/h2-4,7-8,11-12,21-22H,5-6,9-10,13-14H2,1H3. The van der Waals surface area contributed by atoms with Gasteiger partial charge in [0.15, 0.2) is 11.5 Å². The van der Waals surface area contributed by atoms with Crippen molar-refractivity contribution >= 4 is 15.9 Å². The highest BCUT2D eigenvalue weighted by molar-refractivity contribution is 9.10. The summed E-state index contributed by atoms with van der Waals surface area (Å²) in [7, 11) is 1.65. The molecule has 5 heteroatoms. The third-order valence-electron chi connectivity index (χ3n) is 3.65. The van der Waals surface area contributed by atoms with Crippen molar-refractivity contribution < 1.29 is 14.6 Å². The monoisotopic (exact) mass is 393 g/mol. The first-order valence-corrected chi connectivity index (χ1v) is 8.88. The molecule has 0 aliphatic carbocycles. The van der Waals surface area contributed by atoms with E-state index in [0.717, 1.165) is 53.0 Å². The maximum absolute atomic E-state index is 8.79. The number of ether oxygens (including phenoxy) is 2. The number of aliphatic hydroxyl groups is 1. The minimum atomic E-state index is 0.243. The summed E-state index contributed by atoms with van der Waals surface area (Å²) in [6, 6.07) is 14.0. The van der Waals surface area contributed by atoms with Crippen LogP contribution in [-0.2, 0) is 13.2 Å². The molecule has 130 valence electrons. The maximum Gasteiger partial charge on any atom is 0.162 e. The zero-order valence-corrected chi connectivity index (χ0v) is 15.5. The Morgan fingerprint density at radius 1 is 1.08 bits per heavy atom. The van der Waals surface area contributed by atoms with Crippen LogP contribution in [0.25, 0.3) is 0 Å². The van der Waals surface area contributed by atoms with E-state index in [1.165, 1.54) is 0 Å². The van der Waals surface area contributed by atoms with Gasteiger partial charge >= 0.3 is 0 Å². The van der Waals surface area contributed by atoms with Gasteiger partial charge in [0.05, 0.1) is 7.11 Å². The molecule has 4 nitrogen and oxygen atoms in total. The van der Waals surface area contributed by atoms with E-state index < -0.39 is 0 Å². The zero-order valence-electron chi connectivity index (χ0n) is 13.9. The topological polar surface area (TPSA) is 50.7 Å². The number of rotatable bonds is 10. The van der Waals surface area contributed by atoms with Gasteiger partial charge in [-0.15, -0.1) is 0 Å². The fourth-order valence-electron chi connectivity index (χ4n) is 2.31. The molecule has 0 heterocycles. The largest absolute Gasteiger partial charge is 0.493 e. The van der Waals surface area contributed by atoms with Crippen molar-refractivity contribution in [2.75, 3.05) is 20.3 Å². The van der Waals surface area contributed by atoms with Crippen molar-refractivity contribution in [3.8, 4) is 11.5 Å². The van der Waals surface area contributed by atoms with Gasteiger partial charge in [-0.1, -0.05) is 46.3 Å². The summed E-state index contributed by atoms with van der Waals surface area (Å²) in [5, 5.41) is 12.2. The molecule has 0 spiro atoms. The van der Waals surface area contributed by atoms with Crippen LogP contribution >= 0.6 is 15.9 Å². The molecule has 0 amide bonds. The molecular weight excluding hydrogens is 370 g/mol. The Morgan fingerprint density at radius 3 is 2.58 bits per heavy atom. The first-order chi connectivity index (χ1) is 11.7. The molecular formula is C19H24BrNO3. The summed E-state index contributed by atoms with van der Waals surface area (Å²) < 4.78 is 12.4. The highest BCUT2D eigenvalue weighted by Gasteiger charge is 2.10. The van der Waals surface area contributed by atoms with Crippen LogP contribution in [0.2, 0.25) is 0 Å². The number of benzene rings is 2. The fourth-order valence-corrected chi connectivity index (χ4v) is 2.77. The molecule has 0 saturated carbocycles. The number of unbranched alkanes of at least 4 members (excludes halogenated alkanes) is 1. The molecule has 0 atom stereocenters. The van der Waals surface area contributed by atoms with Crippen LogP contribution < -0.4 is 14.8 Å². The zero-order chi connectivity index (χ0) is 17.2. The second-order valence-corrected chi connectivity index (χ2v) is 6.33. The second kappa shape index (κ2) is 10.3. The first kappa shape index (κ1) is 18.8. The van der Waals surface area contributed by atoms with Gasteiger partial charge in [0, 0.05) is 17.6 Å². The van der Waals surface area contributed by atoms with E-state index in [-0.39, 0.29) is 6.61 Å². The van der Waals surface area contributed by atoms with Crippen molar-refractivity contribution in [2.24, 2.45) is 0 Å². The van der Waals surface area contributed by atoms with E-state index in [9.17, 15) is 0 Å².